The van der Waals surface area contributed by atoms with Gasteiger partial charge in [-0.2, -0.15) is 0 Å². The van der Waals surface area contributed by atoms with Crippen LogP contribution in [0.4, 0.5) is 0 Å². The van der Waals surface area contributed by atoms with Crippen molar-refractivity contribution in [2.45, 2.75) is 12.0 Å². The van der Waals surface area contributed by atoms with Crippen LogP contribution in [0.2, 0.25) is 0 Å². The van der Waals surface area contributed by atoms with E-state index in [1.165, 1.54) is 5.56 Å². The van der Waals surface area contributed by atoms with Gasteiger partial charge in [-0.15, -0.1) is 10.2 Å². The molecule has 0 spiro atoms. The number of hydrogen-bond acceptors (Lipinski definition) is 3. The van der Waals surface area contributed by atoms with Gasteiger partial charge in [0.25, 0.3) is 0 Å². The van der Waals surface area contributed by atoms with Crippen LogP contribution in [-0.2, 0) is 7.05 Å². The topological polar surface area (TPSA) is 39.9 Å². The van der Waals surface area contributed by atoms with Gasteiger partial charge in [-0.25, -0.2) is 0 Å². The van der Waals surface area contributed by atoms with E-state index in [0.717, 1.165) is 17.1 Å². The molecule has 1 aromatic heterocycles. The van der Waals surface area contributed by atoms with E-state index in [1.54, 1.807) is 6.33 Å². The van der Waals surface area contributed by atoms with Crippen molar-refractivity contribution in [2.24, 2.45) is 7.05 Å². The van der Waals surface area contributed by atoms with Gasteiger partial charge in [-0.3, -0.25) is 0 Å². The number of nitrogens with zero attached hydrogens (tertiary/aromatic N) is 3. The van der Waals surface area contributed by atoms with Crippen molar-refractivity contribution in [1.29, 1.82) is 0 Å². The zero-order valence-electron chi connectivity index (χ0n) is 10.5. The van der Waals surface area contributed by atoms with Crippen LogP contribution in [0.25, 0.3) is 11.4 Å². The van der Waals surface area contributed by atoms with Gasteiger partial charge in [-0.05, 0) is 12.1 Å². The minimum atomic E-state index is 0.134. The van der Waals surface area contributed by atoms with Crippen LogP contribution in [0.15, 0.2) is 48.8 Å². The molecule has 1 aromatic carbocycles. The fourth-order valence-corrected chi connectivity index (χ4v) is 2.72. The maximum absolute atomic E-state index is 5.99. The Kier molecular flexibility index (Phi) is 2.12. The van der Waals surface area contributed by atoms with Gasteiger partial charge in [-0.1, -0.05) is 30.4 Å². The number of ether oxygens (including phenoxy) is 1. The highest BCUT2D eigenvalue weighted by molar-refractivity contribution is 5.62. The first-order valence-electron chi connectivity index (χ1n) is 6.33. The number of hydrogen-bond donors (Lipinski definition) is 0. The van der Waals surface area contributed by atoms with E-state index < -0.39 is 0 Å². The molecule has 2 atom stereocenters. The van der Waals surface area contributed by atoms with Crippen molar-refractivity contribution < 1.29 is 4.74 Å². The molecule has 0 saturated carbocycles. The van der Waals surface area contributed by atoms with Crippen LogP contribution in [0, 0.1) is 0 Å². The highest BCUT2D eigenvalue weighted by atomic mass is 16.5. The van der Waals surface area contributed by atoms with Crippen molar-refractivity contribution in [3.8, 4) is 17.1 Å². The standard InChI is InChI=1S/C15H13N3O/c1-18-9-16-17-15(18)10-6-7-12-11-4-2-3-5-13(11)19-14(12)8-10/h2-9,11,13H,1H3. The Labute approximate surface area is 111 Å². The van der Waals surface area contributed by atoms with Crippen molar-refractivity contribution in [3.63, 3.8) is 0 Å². The summed E-state index contributed by atoms with van der Waals surface area (Å²) in [4.78, 5) is 0. The van der Waals surface area contributed by atoms with E-state index in [1.807, 2.05) is 17.7 Å². The van der Waals surface area contributed by atoms with E-state index in [-0.39, 0.29) is 6.10 Å². The van der Waals surface area contributed by atoms with Crippen molar-refractivity contribution >= 4 is 0 Å². The Bertz CT molecular complexity index is 699. The molecule has 94 valence electrons. The van der Waals surface area contributed by atoms with Gasteiger partial charge in [0.1, 0.15) is 18.2 Å². The monoisotopic (exact) mass is 251 g/mol. The van der Waals surface area contributed by atoms with E-state index in [2.05, 4.69) is 46.6 Å². The Morgan fingerprint density at radius 2 is 2.11 bits per heavy atom. The molecule has 1 aliphatic heterocycles. The first-order valence-corrected chi connectivity index (χ1v) is 6.33. The largest absolute Gasteiger partial charge is 0.485 e. The van der Waals surface area contributed by atoms with Crippen molar-refractivity contribution in [1.82, 2.24) is 14.8 Å². The Balaban J connectivity index is 1.79. The number of aryl methyl sites for hydroxylation is 1. The third-order valence-corrected chi connectivity index (χ3v) is 3.69. The van der Waals surface area contributed by atoms with Gasteiger partial charge in [0, 0.05) is 24.1 Å². The summed E-state index contributed by atoms with van der Waals surface area (Å²) in [7, 11) is 1.94. The fraction of sp³-hybridized carbons (Fsp3) is 0.200. The van der Waals surface area contributed by atoms with Gasteiger partial charge >= 0.3 is 0 Å². The SMILES string of the molecule is Cn1cnnc1-c1ccc2c(c1)OC1C=CC=CC21. The Morgan fingerprint density at radius 1 is 1.21 bits per heavy atom. The first kappa shape index (κ1) is 10.6. The summed E-state index contributed by atoms with van der Waals surface area (Å²) in [5.74, 6) is 2.15. The number of benzene rings is 1. The molecule has 2 unspecified atom stereocenters. The van der Waals surface area contributed by atoms with Crippen molar-refractivity contribution in [3.05, 3.63) is 54.4 Å². The quantitative estimate of drug-likeness (QED) is 0.781. The van der Waals surface area contributed by atoms with Crippen LogP contribution < -0.4 is 4.74 Å². The van der Waals surface area contributed by atoms with Crippen LogP contribution in [0.5, 0.6) is 5.75 Å². The molecule has 0 radical (unpaired) electrons. The number of fused-ring (bicyclic) bond motifs is 3. The van der Waals surface area contributed by atoms with Gasteiger partial charge in [0.15, 0.2) is 5.82 Å². The zero-order valence-corrected chi connectivity index (χ0v) is 10.5. The predicted molar refractivity (Wildman–Crippen MR) is 71.9 cm³/mol. The van der Waals surface area contributed by atoms with E-state index >= 15 is 0 Å². The first-order chi connectivity index (χ1) is 9.33. The molecule has 4 rings (SSSR count). The lowest BCUT2D eigenvalue weighted by molar-refractivity contribution is 0.269. The summed E-state index contributed by atoms with van der Waals surface area (Å²) in [6.45, 7) is 0. The van der Waals surface area contributed by atoms with E-state index in [9.17, 15) is 0 Å². The van der Waals surface area contributed by atoms with Gasteiger partial charge in [0.05, 0.1) is 0 Å². The molecule has 19 heavy (non-hydrogen) atoms. The third kappa shape index (κ3) is 1.53. The maximum atomic E-state index is 5.99. The molecule has 0 bridgehead atoms. The molecule has 0 fully saturated rings. The molecular weight excluding hydrogens is 238 g/mol. The molecule has 4 heteroatoms. The molecule has 1 aliphatic carbocycles. The smallest absolute Gasteiger partial charge is 0.163 e. The maximum Gasteiger partial charge on any atom is 0.163 e. The lowest BCUT2D eigenvalue weighted by atomic mass is 9.91. The average molecular weight is 251 g/mol. The minimum Gasteiger partial charge on any atom is -0.485 e. The number of allylic oxidation sites excluding steroid dienone is 2. The summed E-state index contributed by atoms with van der Waals surface area (Å²) >= 11 is 0. The molecule has 2 aromatic rings. The molecular formula is C15H13N3O. The Morgan fingerprint density at radius 3 is 2.95 bits per heavy atom. The minimum absolute atomic E-state index is 0.134. The average Bonchev–Trinajstić information content (AvgIpc) is 3.01. The second kappa shape index (κ2) is 3.82. The zero-order chi connectivity index (χ0) is 12.8. The lowest BCUT2D eigenvalue weighted by Gasteiger charge is -2.13. The van der Waals surface area contributed by atoms with E-state index in [0.29, 0.717) is 5.92 Å². The summed E-state index contributed by atoms with van der Waals surface area (Å²) in [5, 5.41) is 8.05. The normalized spacial score (nSPS) is 23.0. The summed E-state index contributed by atoms with van der Waals surface area (Å²) in [6.07, 6.45) is 10.3. The highest BCUT2D eigenvalue weighted by Crippen LogP contribution is 2.42. The molecule has 0 saturated heterocycles. The van der Waals surface area contributed by atoms with Gasteiger partial charge in [0.2, 0.25) is 0 Å². The van der Waals surface area contributed by atoms with Crippen molar-refractivity contribution in [2.75, 3.05) is 0 Å². The van der Waals surface area contributed by atoms with E-state index in [4.69, 9.17) is 4.74 Å². The molecule has 2 aliphatic rings. The Hall–Kier alpha value is -2.36. The predicted octanol–water partition coefficient (Wildman–Crippen LogP) is 2.45. The second-order valence-electron chi connectivity index (χ2n) is 4.90. The molecule has 2 heterocycles. The molecule has 0 amide bonds. The summed E-state index contributed by atoms with van der Waals surface area (Å²) in [5.41, 5.74) is 2.28. The van der Waals surface area contributed by atoms with Crippen LogP contribution in [0.3, 0.4) is 0 Å². The highest BCUT2D eigenvalue weighted by Gasteiger charge is 2.32. The van der Waals surface area contributed by atoms with Crippen LogP contribution in [-0.4, -0.2) is 20.9 Å². The lowest BCUT2D eigenvalue weighted by Crippen LogP contribution is -2.15. The molecule has 4 nitrogen and oxygen atoms in total. The fourth-order valence-electron chi connectivity index (χ4n) is 2.72. The van der Waals surface area contributed by atoms with Crippen LogP contribution >= 0.6 is 0 Å². The molecule has 0 N–H and O–H groups in total. The second-order valence-corrected chi connectivity index (χ2v) is 4.90. The third-order valence-electron chi connectivity index (χ3n) is 3.69. The van der Waals surface area contributed by atoms with Gasteiger partial charge < -0.3 is 9.30 Å². The number of rotatable bonds is 1. The summed E-state index contributed by atoms with van der Waals surface area (Å²) < 4.78 is 7.90. The summed E-state index contributed by atoms with van der Waals surface area (Å²) in [6, 6.07) is 6.27. The number of aromatic nitrogens is 3. The van der Waals surface area contributed by atoms with Crippen LogP contribution in [0.1, 0.15) is 11.5 Å².